The maximum absolute atomic E-state index is 12.1. The topological polar surface area (TPSA) is 44.8 Å². The summed E-state index contributed by atoms with van der Waals surface area (Å²) in [7, 11) is -0.421. The van der Waals surface area contributed by atoms with Crippen LogP contribution in [0.3, 0.4) is 0 Å². The van der Waals surface area contributed by atoms with Crippen molar-refractivity contribution in [3.63, 3.8) is 0 Å². The molecule has 0 aliphatic heterocycles. The smallest absolute Gasteiger partial charge is 0.333 e. The van der Waals surface area contributed by atoms with Crippen LogP contribution in [-0.4, -0.2) is 34.1 Å². The Morgan fingerprint density at radius 2 is 1.84 bits per heavy atom. The summed E-state index contributed by atoms with van der Waals surface area (Å²) in [6, 6.07) is 8.12. The zero-order valence-corrected chi connectivity index (χ0v) is 21.3. The molecule has 2 rings (SSSR count). The minimum absolute atomic E-state index is 0.115. The summed E-state index contributed by atoms with van der Waals surface area (Å²) >= 11 is 0. The molecule has 0 bridgehead atoms. The number of carbonyl (C=O) groups is 1. The van der Waals surface area contributed by atoms with Crippen molar-refractivity contribution < 1.29 is 18.7 Å². The predicted octanol–water partition coefficient (Wildman–Crippen LogP) is 5.73. The first-order chi connectivity index (χ1) is 15.1. The second kappa shape index (κ2) is 12.1. The first kappa shape index (κ1) is 25.9. The van der Waals surface area contributed by atoms with Crippen LogP contribution in [0, 0.1) is 23.7 Å². The Morgan fingerprint density at radius 1 is 1.16 bits per heavy atom. The van der Waals surface area contributed by atoms with Crippen LogP contribution in [0.25, 0.3) is 6.08 Å². The highest BCUT2D eigenvalue weighted by Gasteiger charge is 2.37. The van der Waals surface area contributed by atoms with Crippen molar-refractivity contribution in [2.24, 2.45) is 0 Å². The van der Waals surface area contributed by atoms with Gasteiger partial charge in [0.25, 0.3) is 0 Å². The Bertz CT molecular complexity index is 932. The van der Waals surface area contributed by atoms with Gasteiger partial charge in [-0.2, -0.15) is 0 Å². The van der Waals surface area contributed by atoms with Gasteiger partial charge in [-0.25, -0.2) is 4.79 Å². The summed E-state index contributed by atoms with van der Waals surface area (Å²) in [5.74, 6) is 12.2. The van der Waals surface area contributed by atoms with Crippen molar-refractivity contribution in [1.82, 2.24) is 0 Å². The second-order valence-corrected chi connectivity index (χ2v) is 14.3. The first-order valence-electron chi connectivity index (χ1n) is 11.2. The number of carbonyl (C=O) groups excluding carboxylic acids is 1. The molecule has 0 heterocycles. The highest BCUT2D eigenvalue weighted by molar-refractivity contribution is 6.74. The normalized spacial score (nSPS) is 18.2. The van der Waals surface area contributed by atoms with Crippen molar-refractivity contribution in [1.29, 1.82) is 0 Å². The molecule has 4 nitrogen and oxygen atoms in total. The lowest BCUT2D eigenvalue weighted by atomic mass is 10.0. The number of hydrogen-bond acceptors (Lipinski definition) is 4. The van der Waals surface area contributed by atoms with Gasteiger partial charge >= 0.3 is 5.97 Å². The van der Waals surface area contributed by atoms with Gasteiger partial charge in [0.1, 0.15) is 6.61 Å². The van der Waals surface area contributed by atoms with Crippen LogP contribution in [0.1, 0.15) is 57.6 Å². The molecule has 0 fully saturated rings. The molecule has 1 unspecified atom stereocenters. The molecule has 172 valence electrons. The fraction of sp³-hybridized carbons (Fsp3) is 0.519. The van der Waals surface area contributed by atoms with Gasteiger partial charge in [0.15, 0.2) is 14.4 Å². The van der Waals surface area contributed by atoms with Gasteiger partial charge < -0.3 is 13.9 Å². The van der Waals surface area contributed by atoms with Gasteiger partial charge in [-0.1, -0.05) is 68.7 Å². The lowest BCUT2D eigenvalue weighted by molar-refractivity contribution is -0.149. The third-order valence-corrected chi connectivity index (χ3v) is 10.4. The minimum atomic E-state index is -1.89. The Kier molecular flexibility index (Phi) is 9.78. The molecule has 1 aromatic carbocycles. The molecule has 5 heteroatoms. The SMILES string of the molecule is COCC(=O)OC1C#CCCCCC#C/C1=C\c1ccccc1CO[Si](C)(C)C(C)(C)C. The Labute approximate surface area is 194 Å². The standard InChI is InChI=1S/C27H36O4Si/c1-27(2,3)32(5,6)30-20-24-17-14-13-15-22(24)19-23-16-11-9-7-8-10-12-18-25(23)31-26(28)21-29-4/h13-15,17,19,25H,7-10,20-21H2,1-6H3/b23-19+. The molecule has 0 N–H and O–H groups in total. The largest absolute Gasteiger partial charge is 0.442 e. The van der Waals surface area contributed by atoms with E-state index in [9.17, 15) is 4.79 Å². The van der Waals surface area contributed by atoms with Gasteiger partial charge in [-0.15, -0.1) is 0 Å². The van der Waals surface area contributed by atoms with E-state index in [4.69, 9.17) is 13.9 Å². The third-order valence-electron chi connectivity index (χ3n) is 5.87. The molecule has 1 aliphatic rings. The average Bonchev–Trinajstić information content (AvgIpc) is 2.72. The van der Waals surface area contributed by atoms with Crippen molar-refractivity contribution >= 4 is 20.4 Å². The van der Waals surface area contributed by atoms with Gasteiger partial charge in [-0.3, -0.25) is 0 Å². The Balaban J connectivity index is 2.39. The monoisotopic (exact) mass is 452 g/mol. The summed E-state index contributed by atoms with van der Waals surface area (Å²) in [5.41, 5.74) is 2.77. The van der Waals surface area contributed by atoms with Gasteiger partial charge in [-0.05, 0) is 48.2 Å². The number of esters is 1. The summed E-state index contributed by atoms with van der Waals surface area (Å²) in [6.07, 6.45) is 4.85. The second-order valence-electron chi connectivity index (χ2n) is 9.48. The van der Waals surface area contributed by atoms with E-state index in [-0.39, 0.29) is 11.6 Å². The van der Waals surface area contributed by atoms with E-state index in [1.807, 2.05) is 24.3 Å². The molecule has 1 atom stereocenters. The lowest BCUT2D eigenvalue weighted by Crippen LogP contribution is -2.40. The van der Waals surface area contributed by atoms with E-state index < -0.39 is 20.4 Å². The number of hydrogen-bond donors (Lipinski definition) is 0. The van der Waals surface area contributed by atoms with Crippen LogP contribution in [0.5, 0.6) is 0 Å². The maximum Gasteiger partial charge on any atom is 0.333 e. The quantitative estimate of drug-likeness (QED) is 0.301. The van der Waals surface area contributed by atoms with Crippen molar-refractivity contribution in [3.8, 4) is 23.7 Å². The maximum atomic E-state index is 12.1. The predicted molar refractivity (Wildman–Crippen MR) is 132 cm³/mol. The van der Waals surface area contributed by atoms with E-state index in [0.717, 1.165) is 36.8 Å². The molecule has 0 radical (unpaired) electrons. The van der Waals surface area contributed by atoms with Crippen LogP contribution in [0.15, 0.2) is 29.8 Å². The summed E-state index contributed by atoms with van der Waals surface area (Å²) in [6.45, 7) is 11.6. The zero-order chi connectivity index (χ0) is 23.6. The van der Waals surface area contributed by atoms with Gasteiger partial charge in [0.2, 0.25) is 0 Å². The number of ether oxygens (including phenoxy) is 2. The first-order valence-corrected chi connectivity index (χ1v) is 14.1. The van der Waals surface area contributed by atoms with Gasteiger partial charge in [0.05, 0.1) is 12.2 Å². The fourth-order valence-electron chi connectivity index (χ4n) is 2.84. The molecule has 32 heavy (non-hydrogen) atoms. The highest BCUT2D eigenvalue weighted by atomic mass is 28.4. The van der Waals surface area contributed by atoms with Gasteiger partial charge in [0, 0.05) is 20.0 Å². The summed E-state index contributed by atoms with van der Waals surface area (Å²) in [5, 5.41) is 0.137. The highest BCUT2D eigenvalue weighted by Crippen LogP contribution is 2.37. The molecule has 0 aromatic heterocycles. The van der Waals surface area contributed by atoms with E-state index in [1.165, 1.54) is 7.11 Å². The molecular weight excluding hydrogens is 416 g/mol. The van der Waals surface area contributed by atoms with E-state index in [0.29, 0.717) is 12.2 Å². The third kappa shape index (κ3) is 7.99. The van der Waals surface area contributed by atoms with Crippen molar-refractivity contribution in [3.05, 3.63) is 41.0 Å². The average molecular weight is 453 g/mol. The Morgan fingerprint density at radius 3 is 2.53 bits per heavy atom. The zero-order valence-electron chi connectivity index (χ0n) is 20.3. The van der Waals surface area contributed by atoms with Crippen LogP contribution in [0.2, 0.25) is 18.1 Å². The number of methoxy groups -OCH3 is 1. The van der Waals surface area contributed by atoms with E-state index in [1.54, 1.807) is 0 Å². The molecule has 1 aliphatic carbocycles. The van der Waals surface area contributed by atoms with Crippen molar-refractivity contribution in [2.75, 3.05) is 13.7 Å². The van der Waals surface area contributed by atoms with Crippen LogP contribution < -0.4 is 0 Å². The van der Waals surface area contributed by atoms with Crippen molar-refractivity contribution in [2.45, 2.75) is 77.3 Å². The molecule has 0 amide bonds. The molecule has 0 saturated carbocycles. The lowest BCUT2D eigenvalue weighted by Gasteiger charge is -2.36. The fourth-order valence-corrected chi connectivity index (χ4v) is 3.79. The van der Waals surface area contributed by atoms with Crippen LogP contribution >= 0.6 is 0 Å². The Hall–Kier alpha value is -2.31. The minimum Gasteiger partial charge on any atom is -0.442 e. The molecule has 1 aromatic rings. The van der Waals surface area contributed by atoms with E-state index in [2.05, 4.69) is 63.6 Å². The molecule has 0 spiro atoms. The summed E-state index contributed by atoms with van der Waals surface area (Å²) < 4.78 is 17.0. The van der Waals surface area contributed by atoms with Crippen LogP contribution in [0.4, 0.5) is 0 Å². The molecule has 0 saturated heterocycles. The summed E-state index contributed by atoms with van der Waals surface area (Å²) in [4.78, 5) is 12.1. The number of benzene rings is 1. The van der Waals surface area contributed by atoms with Crippen LogP contribution in [-0.2, 0) is 25.3 Å². The number of rotatable bonds is 7. The van der Waals surface area contributed by atoms with E-state index >= 15 is 0 Å². The molecular formula is C27H36O4Si.